The number of benzene rings is 1. The summed E-state index contributed by atoms with van der Waals surface area (Å²) in [4.78, 5) is 20.9. The van der Waals surface area contributed by atoms with Crippen LogP contribution in [0.4, 0.5) is 13.2 Å². The first-order chi connectivity index (χ1) is 18.7. The lowest BCUT2D eigenvalue weighted by Gasteiger charge is -2.11. The molecule has 1 aromatic carbocycles. The second kappa shape index (κ2) is 9.61. The number of nitrogens with zero attached hydrogens (tertiary/aromatic N) is 4. The molecule has 14 heteroatoms. The van der Waals surface area contributed by atoms with E-state index >= 15 is 0 Å². The Morgan fingerprint density at radius 2 is 2.00 bits per heavy atom. The van der Waals surface area contributed by atoms with Gasteiger partial charge in [-0.3, -0.25) is 9.78 Å². The molecule has 1 N–H and O–H groups in total. The first kappa shape index (κ1) is 25.2. The van der Waals surface area contributed by atoms with Crippen molar-refractivity contribution in [1.82, 2.24) is 25.1 Å². The molecule has 4 aromatic rings. The van der Waals surface area contributed by atoms with Gasteiger partial charge in [0.1, 0.15) is 11.9 Å². The Kier molecular flexibility index (Phi) is 6.22. The Labute approximate surface area is 219 Å². The molecule has 1 fully saturated rings. The summed E-state index contributed by atoms with van der Waals surface area (Å²) < 4.78 is 79.5. The Morgan fingerprint density at radius 1 is 1.18 bits per heavy atom. The van der Waals surface area contributed by atoms with Gasteiger partial charge in [-0.1, -0.05) is 0 Å². The van der Waals surface area contributed by atoms with Crippen LogP contribution in [0.1, 0.15) is 34.5 Å². The molecule has 3 aromatic heterocycles. The van der Waals surface area contributed by atoms with E-state index in [-0.39, 0.29) is 29.7 Å². The van der Waals surface area contributed by atoms with E-state index in [1.165, 1.54) is 17.1 Å². The fraction of sp³-hybridized carbons (Fsp3) is 0.280. The molecule has 0 saturated heterocycles. The third-order valence-electron chi connectivity index (χ3n) is 6.28. The van der Waals surface area contributed by atoms with E-state index in [1.54, 1.807) is 18.2 Å². The molecule has 1 aliphatic carbocycles. The van der Waals surface area contributed by atoms with Crippen molar-refractivity contribution in [1.29, 1.82) is 0 Å². The molecule has 2 aliphatic rings. The third kappa shape index (κ3) is 4.92. The first-order valence-corrected chi connectivity index (χ1v) is 13.5. The Bertz CT molecular complexity index is 1720. The Morgan fingerprint density at radius 3 is 2.79 bits per heavy atom. The largest absolute Gasteiger partial charge is 0.471 e. The first-order valence-electron chi connectivity index (χ1n) is 11.9. The van der Waals surface area contributed by atoms with Gasteiger partial charge in [0.2, 0.25) is 21.2 Å². The molecule has 1 saturated carbocycles. The predicted octanol–water partition coefficient (Wildman–Crippen LogP) is 3.16. The zero-order valence-corrected chi connectivity index (χ0v) is 20.9. The number of halogens is 3. The summed E-state index contributed by atoms with van der Waals surface area (Å²) in [5, 5.41) is 7.35. The van der Waals surface area contributed by atoms with Crippen molar-refractivity contribution < 1.29 is 35.9 Å². The van der Waals surface area contributed by atoms with E-state index in [0.29, 0.717) is 22.4 Å². The minimum Gasteiger partial charge on any atom is -0.471 e. The van der Waals surface area contributed by atoms with Crippen LogP contribution in [-0.4, -0.2) is 52.3 Å². The summed E-state index contributed by atoms with van der Waals surface area (Å²) in [6.07, 6.45) is 4.42. The fourth-order valence-corrected chi connectivity index (χ4v) is 5.38. The maximum absolute atomic E-state index is 14.6. The SMILES string of the molecule is O=C(NCc1cc2nc(-n3cc(F)c(OC4CC4)n3)ccc2cn1)c1cc(F)c2c(c1)S(=O)(=O)[C@@H](F)COC2. The number of hydrogen-bond acceptors (Lipinski definition) is 8. The van der Waals surface area contributed by atoms with Gasteiger partial charge in [0, 0.05) is 22.7 Å². The quantitative estimate of drug-likeness (QED) is 0.382. The highest BCUT2D eigenvalue weighted by molar-refractivity contribution is 7.92. The van der Waals surface area contributed by atoms with Crippen molar-refractivity contribution in [2.75, 3.05) is 6.61 Å². The number of alkyl halides is 1. The minimum absolute atomic E-state index is 0.0161. The minimum atomic E-state index is -4.53. The summed E-state index contributed by atoms with van der Waals surface area (Å²) in [7, 11) is -4.53. The summed E-state index contributed by atoms with van der Waals surface area (Å²) in [6, 6.07) is 6.79. The lowest BCUT2D eigenvalue weighted by atomic mass is 10.1. The normalized spacial score (nSPS) is 18.4. The van der Waals surface area contributed by atoms with Crippen molar-refractivity contribution in [2.24, 2.45) is 0 Å². The average Bonchev–Trinajstić information content (AvgIpc) is 3.68. The van der Waals surface area contributed by atoms with Gasteiger partial charge >= 0.3 is 0 Å². The average molecular weight is 560 g/mol. The molecule has 6 rings (SSSR count). The van der Waals surface area contributed by atoms with E-state index in [4.69, 9.17) is 9.47 Å². The van der Waals surface area contributed by atoms with Crippen LogP contribution in [0.3, 0.4) is 0 Å². The van der Waals surface area contributed by atoms with Crippen molar-refractivity contribution in [2.45, 2.75) is 42.5 Å². The number of ether oxygens (including phenoxy) is 2. The van der Waals surface area contributed by atoms with Gasteiger partial charge in [-0.15, -0.1) is 5.10 Å². The Hall–Kier alpha value is -4.04. The molecule has 1 amide bonds. The van der Waals surface area contributed by atoms with Gasteiger partial charge in [-0.2, -0.15) is 4.39 Å². The number of amides is 1. The van der Waals surface area contributed by atoms with E-state index < -0.39 is 51.0 Å². The van der Waals surface area contributed by atoms with E-state index in [0.717, 1.165) is 25.0 Å². The van der Waals surface area contributed by atoms with Crippen molar-refractivity contribution in [3.05, 3.63) is 71.2 Å². The van der Waals surface area contributed by atoms with Gasteiger partial charge in [-0.05, 0) is 43.2 Å². The number of rotatable bonds is 6. The van der Waals surface area contributed by atoms with E-state index in [1.807, 2.05) is 0 Å². The lowest BCUT2D eigenvalue weighted by Crippen LogP contribution is -2.25. The van der Waals surface area contributed by atoms with Crippen LogP contribution in [0, 0.1) is 11.6 Å². The van der Waals surface area contributed by atoms with Gasteiger partial charge in [0.25, 0.3) is 11.8 Å². The van der Waals surface area contributed by atoms with Crippen LogP contribution in [0.5, 0.6) is 5.88 Å². The van der Waals surface area contributed by atoms with Crippen molar-refractivity contribution >= 4 is 26.6 Å². The van der Waals surface area contributed by atoms with Crippen LogP contribution in [0.15, 0.2) is 47.6 Å². The molecule has 4 heterocycles. The van der Waals surface area contributed by atoms with Crippen LogP contribution in [0.25, 0.3) is 16.7 Å². The summed E-state index contributed by atoms with van der Waals surface area (Å²) in [6.45, 7) is -1.26. The van der Waals surface area contributed by atoms with Crippen LogP contribution in [0.2, 0.25) is 0 Å². The second-order valence-electron chi connectivity index (χ2n) is 9.17. The molecule has 0 spiro atoms. The number of nitrogens with one attached hydrogen (secondary N) is 1. The maximum Gasteiger partial charge on any atom is 0.270 e. The third-order valence-corrected chi connectivity index (χ3v) is 8.06. The number of aromatic nitrogens is 4. The monoisotopic (exact) mass is 559 g/mol. The van der Waals surface area contributed by atoms with Gasteiger partial charge in [0.15, 0.2) is 5.82 Å². The number of carbonyl (C=O) groups is 1. The molecular weight excluding hydrogens is 539 g/mol. The Balaban J connectivity index is 1.21. The molecule has 39 heavy (non-hydrogen) atoms. The highest BCUT2D eigenvalue weighted by Crippen LogP contribution is 2.30. The zero-order valence-electron chi connectivity index (χ0n) is 20.1. The standard InChI is InChI=1S/C25H20F3N5O5S/c26-18-5-14(6-21-17(18)11-37-12-22(28)39(21,35)36)24(34)30-9-15-7-20-13(8-29-15)1-4-23(31-20)33-10-19(27)25(32-33)38-16-2-3-16/h1,4-8,10,16,22H,2-3,9,11-12H2,(H,30,34)/t22-/m1/s1. The molecular formula is C25H20F3N5O5S. The van der Waals surface area contributed by atoms with Crippen molar-refractivity contribution in [3.8, 4) is 11.7 Å². The van der Waals surface area contributed by atoms with Crippen molar-refractivity contribution in [3.63, 3.8) is 0 Å². The van der Waals surface area contributed by atoms with Gasteiger partial charge < -0.3 is 14.8 Å². The summed E-state index contributed by atoms with van der Waals surface area (Å²) in [5.74, 6) is -2.12. The van der Waals surface area contributed by atoms with E-state index in [9.17, 15) is 26.4 Å². The number of sulfone groups is 1. The van der Waals surface area contributed by atoms with Gasteiger partial charge in [-0.25, -0.2) is 26.9 Å². The van der Waals surface area contributed by atoms with Crippen LogP contribution < -0.4 is 10.1 Å². The molecule has 0 radical (unpaired) electrons. The summed E-state index contributed by atoms with van der Waals surface area (Å²) in [5.41, 5.74) is -2.11. The highest BCUT2D eigenvalue weighted by Gasteiger charge is 2.35. The second-order valence-corrected chi connectivity index (χ2v) is 11.2. The number of hydrogen-bond donors (Lipinski definition) is 1. The van der Waals surface area contributed by atoms with Crippen LogP contribution >= 0.6 is 0 Å². The smallest absolute Gasteiger partial charge is 0.270 e. The molecule has 202 valence electrons. The number of pyridine rings is 2. The summed E-state index contributed by atoms with van der Waals surface area (Å²) >= 11 is 0. The fourth-order valence-electron chi connectivity index (χ4n) is 4.04. The van der Waals surface area contributed by atoms with E-state index in [2.05, 4.69) is 20.4 Å². The molecule has 1 aliphatic heterocycles. The lowest BCUT2D eigenvalue weighted by molar-refractivity contribution is 0.0938. The maximum atomic E-state index is 14.6. The predicted molar refractivity (Wildman–Crippen MR) is 130 cm³/mol. The topological polar surface area (TPSA) is 125 Å². The molecule has 0 bridgehead atoms. The molecule has 10 nitrogen and oxygen atoms in total. The van der Waals surface area contributed by atoms with Gasteiger partial charge in [0.05, 0.1) is 42.1 Å². The number of carbonyl (C=O) groups excluding carboxylic acids is 1. The highest BCUT2D eigenvalue weighted by atomic mass is 32.2. The van der Waals surface area contributed by atoms with Crippen LogP contribution in [-0.2, 0) is 27.7 Å². The molecule has 1 atom stereocenters. The number of fused-ring (bicyclic) bond motifs is 2. The zero-order chi connectivity index (χ0) is 27.3. The molecule has 0 unspecified atom stereocenters.